The van der Waals surface area contributed by atoms with E-state index >= 15 is 0 Å². The van der Waals surface area contributed by atoms with E-state index < -0.39 is 68.5 Å². The second-order valence-corrected chi connectivity index (χ2v) is 9.44. The Bertz CT molecular complexity index is 522. The molecule has 2 aliphatic rings. The quantitative estimate of drug-likeness (QED) is 0.168. The van der Waals surface area contributed by atoms with Gasteiger partial charge in [0.05, 0.1) is 19.3 Å². The lowest BCUT2D eigenvalue weighted by Crippen LogP contribution is -2.62. The number of hydrogen-bond donors (Lipinski definition) is 6. The van der Waals surface area contributed by atoms with Crippen LogP contribution >= 0.6 is 0 Å². The topological polar surface area (TPSA) is 158 Å². The zero-order chi connectivity index (χ0) is 24.9. The molecule has 0 bridgehead atoms. The fourth-order valence-electron chi connectivity index (χ4n) is 4.48. The van der Waals surface area contributed by atoms with Gasteiger partial charge in [-0.1, -0.05) is 64.7 Å². The smallest absolute Gasteiger partial charge is 0.186 e. The van der Waals surface area contributed by atoms with Crippen LogP contribution in [-0.2, 0) is 18.9 Å². The summed E-state index contributed by atoms with van der Waals surface area (Å²) in [4.78, 5) is 0. The van der Waals surface area contributed by atoms with Gasteiger partial charge in [-0.2, -0.15) is 0 Å². The van der Waals surface area contributed by atoms with Gasteiger partial charge in [0.15, 0.2) is 12.6 Å². The molecular weight excluding hydrogens is 448 g/mol. The Morgan fingerprint density at radius 3 is 1.88 bits per heavy atom. The molecule has 6 N–H and O–H groups in total. The minimum Gasteiger partial charge on any atom is -0.394 e. The number of aliphatic hydroxyl groups excluding tert-OH is 6. The summed E-state index contributed by atoms with van der Waals surface area (Å²) in [6, 6.07) is 0. The molecule has 0 radical (unpaired) electrons. The Balaban J connectivity index is 1.70. The Kier molecular flexibility index (Phi) is 14.4. The van der Waals surface area contributed by atoms with Crippen LogP contribution in [0.25, 0.3) is 0 Å². The summed E-state index contributed by atoms with van der Waals surface area (Å²) in [5.74, 6) is 0. The summed E-state index contributed by atoms with van der Waals surface area (Å²) in [5, 5.41) is 59.9. The van der Waals surface area contributed by atoms with Crippen LogP contribution in [0.15, 0.2) is 0 Å². The van der Waals surface area contributed by atoms with Gasteiger partial charge in [-0.3, -0.25) is 0 Å². The summed E-state index contributed by atoms with van der Waals surface area (Å²) in [6.45, 7) is 1.56. The molecule has 2 heterocycles. The van der Waals surface area contributed by atoms with Crippen molar-refractivity contribution >= 4 is 0 Å². The van der Waals surface area contributed by atoms with Crippen molar-refractivity contribution in [1.29, 1.82) is 0 Å². The fraction of sp³-hybridized carbons (Fsp3) is 1.00. The van der Waals surface area contributed by atoms with Crippen LogP contribution in [0.5, 0.6) is 0 Å². The molecule has 2 aliphatic heterocycles. The lowest BCUT2D eigenvalue weighted by Gasteiger charge is -2.44. The molecule has 202 valence electrons. The third-order valence-electron chi connectivity index (χ3n) is 6.63. The minimum absolute atomic E-state index is 0.103. The number of aliphatic hydroxyl groups is 6. The van der Waals surface area contributed by atoms with Gasteiger partial charge in [0.1, 0.15) is 36.6 Å². The van der Waals surface area contributed by atoms with Crippen molar-refractivity contribution in [1.82, 2.24) is 0 Å². The average molecular weight is 495 g/mol. The largest absolute Gasteiger partial charge is 0.394 e. The van der Waals surface area contributed by atoms with Crippen molar-refractivity contribution in [3.63, 3.8) is 0 Å². The lowest BCUT2D eigenvalue weighted by atomic mass is 9.98. The van der Waals surface area contributed by atoms with E-state index in [0.717, 1.165) is 19.3 Å². The van der Waals surface area contributed by atoms with Gasteiger partial charge in [0.2, 0.25) is 0 Å². The Morgan fingerprint density at radius 2 is 1.29 bits per heavy atom. The highest BCUT2D eigenvalue weighted by Crippen LogP contribution is 2.29. The van der Waals surface area contributed by atoms with Crippen molar-refractivity contribution in [2.45, 2.75) is 133 Å². The molecule has 2 fully saturated rings. The highest BCUT2D eigenvalue weighted by molar-refractivity contribution is 4.91. The van der Waals surface area contributed by atoms with Gasteiger partial charge >= 0.3 is 0 Å². The molecule has 0 aromatic carbocycles. The van der Waals surface area contributed by atoms with E-state index in [9.17, 15) is 30.6 Å². The second kappa shape index (κ2) is 16.4. The van der Waals surface area contributed by atoms with Crippen LogP contribution in [0.3, 0.4) is 0 Å². The number of unbranched alkanes of at least 4 members (excludes halogenated alkanes) is 9. The van der Waals surface area contributed by atoms with Gasteiger partial charge < -0.3 is 49.6 Å². The molecule has 34 heavy (non-hydrogen) atoms. The van der Waals surface area contributed by atoms with Crippen LogP contribution in [0, 0.1) is 0 Å². The Morgan fingerprint density at radius 1 is 0.706 bits per heavy atom. The number of ether oxygens (including phenoxy) is 4. The maximum Gasteiger partial charge on any atom is 0.186 e. The molecule has 9 atom stereocenters. The van der Waals surface area contributed by atoms with Gasteiger partial charge in [-0.15, -0.1) is 0 Å². The predicted molar refractivity (Wildman–Crippen MR) is 123 cm³/mol. The first kappa shape index (κ1) is 29.8. The normalized spacial score (nSPS) is 36.6. The standard InChI is InChI=1S/C24H46O10/c1-2-3-4-5-6-7-8-9-10-11-12-31-24-22(30)21(29)23(18(15-26)33-24)34-19-13-16(27)20(28)17(14-25)32-19/h16-30H,2-15H2,1H3/t16-,17?,18?,19-,20+,21-,22?,23-,24-/m1/s1. The maximum atomic E-state index is 10.6. The number of hydrogen-bond acceptors (Lipinski definition) is 10. The van der Waals surface area contributed by atoms with Gasteiger partial charge in [0.25, 0.3) is 0 Å². The first-order valence-corrected chi connectivity index (χ1v) is 12.9. The SMILES string of the molecule is CCCCCCCCCCCCO[C@@H]1OC(CO)[C@@H](O[C@@H]2C[C@@H](O)[C@H](O)C(CO)O2)[C@H](O)C1O. The minimum atomic E-state index is -1.43. The molecule has 0 spiro atoms. The molecule has 10 nitrogen and oxygen atoms in total. The van der Waals surface area contributed by atoms with E-state index in [1.165, 1.54) is 44.9 Å². The molecule has 3 unspecified atom stereocenters. The third kappa shape index (κ3) is 9.24. The zero-order valence-electron chi connectivity index (χ0n) is 20.4. The van der Waals surface area contributed by atoms with E-state index in [1.807, 2.05) is 0 Å². The average Bonchev–Trinajstić information content (AvgIpc) is 2.83. The molecule has 10 heteroatoms. The monoisotopic (exact) mass is 494 g/mol. The Hall–Kier alpha value is -0.400. The highest BCUT2D eigenvalue weighted by atomic mass is 16.7. The maximum absolute atomic E-state index is 10.6. The van der Waals surface area contributed by atoms with Crippen LogP contribution in [0.4, 0.5) is 0 Å². The molecule has 0 aliphatic carbocycles. The van der Waals surface area contributed by atoms with E-state index in [1.54, 1.807) is 0 Å². The molecule has 0 aromatic heterocycles. The van der Waals surface area contributed by atoms with Gasteiger partial charge in [-0.25, -0.2) is 0 Å². The van der Waals surface area contributed by atoms with Crippen LogP contribution in [-0.4, -0.2) is 106 Å². The third-order valence-corrected chi connectivity index (χ3v) is 6.63. The summed E-state index contributed by atoms with van der Waals surface area (Å²) < 4.78 is 22.4. The van der Waals surface area contributed by atoms with Crippen molar-refractivity contribution < 1.29 is 49.6 Å². The van der Waals surface area contributed by atoms with E-state index in [0.29, 0.717) is 6.61 Å². The van der Waals surface area contributed by atoms with E-state index in [4.69, 9.17) is 18.9 Å². The van der Waals surface area contributed by atoms with Crippen LogP contribution in [0.2, 0.25) is 0 Å². The van der Waals surface area contributed by atoms with Crippen molar-refractivity contribution in [2.75, 3.05) is 19.8 Å². The molecule has 2 rings (SSSR count). The fourth-order valence-corrected chi connectivity index (χ4v) is 4.48. The summed E-state index contributed by atoms with van der Waals surface area (Å²) in [5.41, 5.74) is 0. The number of rotatable bonds is 16. The van der Waals surface area contributed by atoms with Crippen LogP contribution < -0.4 is 0 Å². The molecule has 0 aromatic rings. The summed E-state index contributed by atoms with van der Waals surface area (Å²) in [6.07, 6.45) is 1.15. The zero-order valence-corrected chi connectivity index (χ0v) is 20.4. The predicted octanol–water partition coefficient (Wildman–Crippen LogP) is 0.577. The van der Waals surface area contributed by atoms with Gasteiger partial charge in [-0.05, 0) is 6.42 Å². The van der Waals surface area contributed by atoms with Gasteiger partial charge in [0, 0.05) is 13.0 Å². The van der Waals surface area contributed by atoms with E-state index in [2.05, 4.69) is 6.92 Å². The van der Waals surface area contributed by atoms with E-state index in [-0.39, 0.29) is 6.42 Å². The summed E-state index contributed by atoms with van der Waals surface area (Å²) in [7, 11) is 0. The van der Waals surface area contributed by atoms with Crippen LogP contribution in [0.1, 0.15) is 77.6 Å². The second-order valence-electron chi connectivity index (χ2n) is 9.44. The van der Waals surface area contributed by atoms with Crippen molar-refractivity contribution in [2.24, 2.45) is 0 Å². The molecular formula is C24H46O10. The molecule has 0 saturated carbocycles. The molecule has 0 amide bonds. The van der Waals surface area contributed by atoms with Crippen molar-refractivity contribution in [3.05, 3.63) is 0 Å². The lowest BCUT2D eigenvalue weighted by molar-refractivity contribution is -0.342. The van der Waals surface area contributed by atoms with Crippen molar-refractivity contribution in [3.8, 4) is 0 Å². The first-order valence-electron chi connectivity index (χ1n) is 12.9. The molecule has 2 saturated heterocycles. The first-order chi connectivity index (χ1) is 16.4. The Labute approximate surface area is 202 Å². The highest BCUT2D eigenvalue weighted by Gasteiger charge is 2.48. The summed E-state index contributed by atoms with van der Waals surface area (Å²) >= 11 is 0.